The van der Waals surface area contributed by atoms with Gasteiger partial charge in [-0.3, -0.25) is 0 Å². The van der Waals surface area contributed by atoms with Crippen LogP contribution >= 0.6 is 0 Å². The zero-order chi connectivity index (χ0) is 13.5. The summed E-state index contributed by atoms with van der Waals surface area (Å²) in [5.41, 5.74) is 3.56. The smallest absolute Gasteiger partial charge is 0.0914 e. The molecule has 20 heavy (non-hydrogen) atoms. The Morgan fingerprint density at radius 1 is 0.950 bits per heavy atom. The zero-order valence-corrected chi connectivity index (χ0v) is 12.5. The molecule has 0 saturated heterocycles. The average molecular weight is 291 g/mol. The van der Waals surface area contributed by atoms with Gasteiger partial charge in [-0.15, -0.1) is 0 Å². The molecule has 0 radical (unpaired) electrons. The molecule has 0 saturated carbocycles. The van der Waals surface area contributed by atoms with Crippen molar-refractivity contribution in [3.8, 4) is 0 Å². The summed E-state index contributed by atoms with van der Waals surface area (Å²) in [6, 6.07) is 18.3. The summed E-state index contributed by atoms with van der Waals surface area (Å²) in [5, 5.41) is 13.3. The van der Waals surface area contributed by atoms with Crippen molar-refractivity contribution in [3.63, 3.8) is 0 Å². The monoisotopic (exact) mass is 290 g/mol. The molecule has 1 unspecified atom stereocenters. The first kappa shape index (κ1) is 16.7. The van der Waals surface area contributed by atoms with E-state index in [1.807, 2.05) is 30.3 Å². The quantitative estimate of drug-likeness (QED) is 0.790. The molecular weight excluding hydrogens is 270 g/mol. The lowest BCUT2D eigenvalue weighted by Crippen LogP contribution is -3.00. The van der Waals surface area contributed by atoms with Crippen LogP contribution in [0, 0.1) is 0 Å². The molecule has 0 amide bonds. The third-order valence-electron chi connectivity index (χ3n) is 3.28. The minimum Gasteiger partial charge on any atom is -1.00 e. The highest BCUT2D eigenvalue weighted by molar-refractivity contribution is 5.22. The van der Waals surface area contributed by atoms with E-state index in [0.29, 0.717) is 6.54 Å². The van der Waals surface area contributed by atoms with E-state index in [1.165, 1.54) is 11.1 Å². The second-order valence-electron chi connectivity index (χ2n) is 4.73. The number of nitrogens with one attached hydrogen (secondary N) is 1. The van der Waals surface area contributed by atoms with E-state index in [9.17, 15) is 5.11 Å². The topological polar surface area (TPSA) is 32.3 Å². The molecule has 2 rings (SSSR count). The number of aryl methyl sites for hydroxylation is 1. The minimum atomic E-state index is -0.448. The predicted octanol–water partition coefficient (Wildman–Crippen LogP) is 0.0762. The third kappa shape index (κ3) is 4.97. The molecule has 2 nitrogen and oxygen atoms in total. The van der Waals surface area contributed by atoms with Crippen molar-refractivity contribution in [2.75, 3.05) is 6.54 Å². The van der Waals surface area contributed by atoms with Gasteiger partial charge in [0, 0.05) is 13.1 Å². The summed E-state index contributed by atoms with van der Waals surface area (Å²) >= 11 is 0. The van der Waals surface area contributed by atoms with E-state index in [-0.39, 0.29) is 12.4 Å². The predicted molar refractivity (Wildman–Crippen MR) is 78.9 cm³/mol. The number of halogens is 1. The fraction of sp³-hybridized carbons (Fsp3) is 0.294. The molecule has 0 bridgehead atoms. The Bertz CT molecular complexity index is 484. The highest BCUT2D eigenvalue weighted by Crippen LogP contribution is 2.11. The summed E-state index contributed by atoms with van der Waals surface area (Å²) in [4.78, 5) is 0. The second kappa shape index (κ2) is 8.75. The lowest BCUT2D eigenvalue weighted by molar-refractivity contribution is -0.00000562. The molecule has 3 heteroatoms. The third-order valence-corrected chi connectivity index (χ3v) is 3.28. The Morgan fingerprint density at radius 2 is 1.55 bits per heavy atom. The lowest BCUT2D eigenvalue weighted by Gasteiger charge is -2.12. The standard InChI is InChI=1S/C17H21NO.ClH/c1-2-14-8-10-15(11-9-14)12-18-13-17(19)16-6-4-3-5-7-16;/h3-11,17-19H,2,12-13H2,1H3;1H/p-1. The van der Waals surface area contributed by atoms with Crippen LogP contribution < -0.4 is 17.7 Å². The molecule has 2 aromatic carbocycles. The maximum atomic E-state index is 10.0. The molecule has 0 aromatic heterocycles. The van der Waals surface area contributed by atoms with Gasteiger partial charge in [-0.05, 0) is 23.1 Å². The van der Waals surface area contributed by atoms with Crippen LogP contribution in [0.25, 0.3) is 0 Å². The van der Waals surface area contributed by atoms with Crippen LogP contribution in [0.3, 0.4) is 0 Å². The van der Waals surface area contributed by atoms with E-state index in [1.54, 1.807) is 0 Å². The molecule has 0 aliphatic rings. The minimum absolute atomic E-state index is 0. The van der Waals surface area contributed by atoms with Crippen LogP contribution in [0.4, 0.5) is 0 Å². The number of hydrogen-bond donors (Lipinski definition) is 2. The molecule has 0 heterocycles. The SMILES string of the molecule is CCc1ccc(CNCC(O)c2ccccc2)cc1.[Cl-]. The van der Waals surface area contributed by atoms with Gasteiger partial charge in [0.1, 0.15) is 0 Å². The van der Waals surface area contributed by atoms with Gasteiger partial charge < -0.3 is 22.8 Å². The first-order valence-corrected chi connectivity index (χ1v) is 6.81. The van der Waals surface area contributed by atoms with Gasteiger partial charge in [-0.25, -0.2) is 0 Å². The first-order valence-electron chi connectivity index (χ1n) is 6.81. The highest BCUT2D eigenvalue weighted by Gasteiger charge is 2.05. The van der Waals surface area contributed by atoms with Crippen molar-refractivity contribution >= 4 is 0 Å². The average Bonchev–Trinajstić information content (AvgIpc) is 2.49. The summed E-state index contributed by atoms with van der Waals surface area (Å²) in [5.74, 6) is 0. The fourth-order valence-electron chi connectivity index (χ4n) is 2.04. The summed E-state index contributed by atoms with van der Waals surface area (Å²) in [6.45, 7) is 3.51. The van der Waals surface area contributed by atoms with Crippen LogP contribution in [0.1, 0.15) is 29.7 Å². The zero-order valence-electron chi connectivity index (χ0n) is 11.7. The number of hydrogen-bond acceptors (Lipinski definition) is 2. The fourth-order valence-corrected chi connectivity index (χ4v) is 2.04. The molecule has 2 aromatic rings. The van der Waals surface area contributed by atoms with Crippen LogP contribution in [0.15, 0.2) is 54.6 Å². The van der Waals surface area contributed by atoms with Crippen molar-refractivity contribution in [3.05, 3.63) is 71.3 Å². The molecule has 0 aliphatic heterocycles. The van der Waals surface area contributed by atoms with Crippen LogP contribution in [-0.4, -0.2) is 11.7 Å². The van der Waals surface area contributed by atoms with Gasteiger partial charge >= 0.3 is 0 Å². The number of aliphatic hydroxyl groups excluding tert-OH is 1. The maximum Gasteiger partial charge on any atom is 0.0914 e. The van der Waals surface area contributed by atoms with Gasteiger partial charge in [0.05, 0.1) is 6.10 Å². The summed E-state index contributed by atoms with van der Waals surface area (Å²) in [6.07, 6.45) is 0.622. The van der Waals surface area contributed by atoms with Crippen molar-refractivity contribution in [2.24, 2.45) is 0 Å². The van der Waals surface area contributed by atoms with Crippen molar-refractivity contribution in [1.82, 2.24) is 5.32 Å². The van der Waals surface area contributed by atoms with E-state index >= 15 is 0 Å². The molecular formula is C17H21ClNO-. The Labute approximate surface area is 127 Å². The van der Waals surface area contributed by atoms with Gasteiger partial charge in [0.25, 0.3) is 0 Å². The van der Waals surface area contributed by atoms with E-state index in [4.69, 9.17) is 0 Å². The molecule has 1 atom stereocenters. The second-order valence-corrected chi connectivity index (χ2v) is 4.73. The Balaban J connectivity index is 0.00000200. The van der Waals surface area contributed by atoms with Crippen molar-refractivity contribution < 1.29 is 17.5 Å². The molecule has 0 spiro atoms. The number of benzene rings is 2. The normalized spacial score (nSPS) is 11.7. The molecule has 2 N–H and O–H groups in total. The van der Waals surface area contributed by atoms with Crippen LogP contribution in [-0.2, 0) is 13.0 Å². The maximum absolute atomic E-state index is 10.0. The highest BCUT2D eigenvalue weighted by atomic mass is 35.5. The number of rotatable bonds is 6. The molecule has 108 valence electrons. The Kier molecular flexibility index (Phi) is 7.31. The van der Waals surface area contributed by atoms with Gasteiger partial charge in [-0.1, -0.05) is 61.5 Å². The first-order chi connectivity index (χ1) is 9.29. The van der Waals surface area contributed by atoms with Crippen LogP contribution in [0.2, 0.25) is 0 Å². The van der Waals surface area contributed by atoms with Crippen molar-refractivity contribution in [2.45, 2.75) is 26.0 Å². The number of aliphatic hydroxyl groups is 1. The Hall–Kier alpha value is -1.35. The van der Waals surface area contributed by atoms with E-state index in [2.05, 4.69) is 36.5 Å². The van der Waals surface area contributed by atoms with E-state index in [0.717, 1.165) is 18.5 Å². The molecule has 0 aliphatic carbocycles. The van der Waals surface area contributed by atoms with Crippen LogP contribution in [0.5, 0.6) is 0 Å². The van der Waals surface area contributed by atoms with Crippen molar-refractivity contribution in [1.29, 1.82) is 0 Å². The molecule has 0 fully saturated rings. The lowest BCUT2D eigenvalue weighted by atomic mass is 10.1. The van der Waals surface area contributed by atoms with Gasteiger partial charge in [0.2, 0.25) is 0 Å². The largest absolute Gasteiger partial charge is 1.00 e. The Morgan fingerprint density at radius 3 is 2.15 bits per heavy atom. The summed E-state index contributed by atoms with van der Waals surface area (Å²) in [7, 11) is 0. The van der Waals surface area contributed by atoms with Gasteiger partial charge in [-0.2, -0.15) is 0 Å². The van der Waals surface area contributed by atoms with E-state index < -0.39 is 6.10 Å². The van der Waals surface area contributed by atoms with Gasteiger partial charge in [0.15, 0.2) is 0 Å². The summed E-state index contributed by atoms with van der Waals surface area (Å²) < 4.78 is 0.